The Kier molecular flexibility index (Phi) is 3.25. The molecule has 0 saturated carbocycles. The van der Waals surface area contributed by atoms with Crippen LogP contribution in [0.1, 0.15) is 19.3 Å². The van der Waals surface area contributed by atoms with Gasteiger partial charge in [0, 0.05) is 33.1 Å². The van der Waals surface area contributed by atoms with Crippen LogP contribution < -0.4 is 0 Å². The number of likely N-dealkylation sites (tertiary alicyclic amines) is 1. The molecule has 0 spiro atoms. The van der Waals surface area contributed by atoms with Gasteiger partial charge in [-0.1, -0.05) is 0 Å². The van der Waals surface area contributed by atoms with Crippen molar-refractivity contribution in [3.63, 3.8) is 0 Å². The van der Waals surface area contributed by atoms with Gasteiger partial charge in [-0.05, 0) is 0 Å². The molecular weight excluding hydrogens is 210 g/mol. The van der Waals surface area contributed by atoms with Gasteiger partial charge >= 0.3 is 0 Å². The van der Waals surface area contributed by atoms with E-state index in [-0.39, 0.29) is 23.7 Å². The standard InChI is InChI=1S/C11H17NO4/c1-15-11(3-5-16-8-11)7-12-4-2-9(13)6-10(12)14/h2-8H2,1H3. The van der Waals surface area contributed by atoms with Crippen molar-refractivity contribution in [3.05, 3.63) is 0 Å². The summed E-state index contributed by atoms with van der Waals surface area (Å²) in [6.45, 7) is 2.26. The highest BCUT2D eigenvalue weighted by Crippen LogP contribution is 2.25. The number of hydrogen-bond acceptors (Lipinski definition) is 4. The van der Waals surface area contributed by atoms with Crippen LogP contribution in [-0.2, 0) is 19.1 Å². The van der Waals surface area contributed by atoms with Gasteiger partial charge in [0.15, 0.2) is 0 Å². The fraction of sp³-hybridized carbons (Fsp3) is 0.818. The van der Waals surface area contributed by atoms with Gasteiger partial charge in [-0.15, -0.1) is 0 Å². The summed E-state index contributed by atoms with van der Waals surface area (Å²) in [6.07, 6.45) is 1.31. The molecule has 2 aliphatic rings. The fourth-order valence-electron chi connectivity index (χ4n) is 2.21. The number of carbonyl (C=O) groups excluding carboxylic acids is 2. The lowest BCUT2D eigenvalue weighted by Crippen LogP contribution is -2.50. The van der Waals surface area contributed by atoms with Crippen molar-refractivity contribution in [1.82, 2.24) is 4.90 Å². The number of Topliss-reactive ketones (excluding diaryl/α,β-unsaturated/α-hetero) is 1. The Morgan fingerprint density at radius 1 is 1.50 bits per heavy atom. The summed E-state index contributed by atoms with van der Waals surface area (Å²) in [6, 6.07) is 0. The highest BCUT2D eigenvalue weighted by Gasteiger charge is 2.39. The van der Waals surface area contributed by atoms with Crippen molar-refractivity contribution < 1.29 is 19.1 Å². The zero-order chi connectivity index (χ0) is 11.6. The number of hydrogen-bond donors (Lipinski definition) is 0. The third kappa shape index (κ3) is 2.25. The number of carbonyl (C=O) groups is 2. The topological polar surface area (TPSA) is 55.8 Å². The minimum atomic E-state index is -0.365. The van der Waals surface area contributed by atoms with E-state index in [1.807, 2.05) is 0 Å². The molecule has 2 aliphatic heterocycles. The maximum atomic E-state index is 11.7. The van der Waals surface area contributed by atoms with Gasteiger partial charge in [0.05, 0.1) is 19.6 Å². The second-order valence-electron chi connectivity index (χ2n) is 4.47. The van der Waals surface area contributed by atoms with E-state index in [2.05, 4.69) is 0 Å². The Labute approximate surface area is 94.7 Å². The molecular formula is C11H17NO4. The average Bonchev–Trinajstić information content (AvgIpc) is 2.72. The molecule has 2 rings (SSSR count). The molecule has 0 radical (unpaired) electrons. The summed E-state index contributed by atoms with van der Waals surface area (Å²) in [4.78, 5) is 24.5. The van der Waals surface area contributed by atoms with Gasteiger partial charge in [0.1, 0.15) is 11.4 Å². The van der Waals surface area contributed by atoms with Gasteiger partial charge in [0.25, 0.3) is 0 Å². The molecule has 90 valence electrons. The maximum absolute atomic E-state index is 11.7. The van der Waals surface area contributed by atoms with Crippen LogP contribution >= 0.6 is 0 Å². The predicted molar refractivity (Wildman–Crippen MR) is 56.0 cm³/mol. The monoisotopic (exact) mass is 227 g/mol. The molecule has 2 saturated heterocycles. The fourth-order valence-corrected chi connectivity index (χ4v) is 2.21. The van der Waals surface area contributed by atoms with Crippen molar-refractivity contribution >= 4 is 11.7 Å². The molecule has 0 aliphatic carbocycles. The highest BCUT2D eigenvalue weighted by molar-refractivity contribution is 6.00. The van der Waals surface area contributed by atoms with Crippen LogP contribution in [0.4, 0.5) is 0 Å². The molecule has 1 atom stereocenters. The first-order chi connectivity index (χ1) is 7.65. The van der Waals surface area contributed by atoms with Crippen LogP contribution in [-0.4, -0.2) is 55.6 Å². The van der Waals surface area contributed by atoms with Crippen LogP contribution in [0.25, 0.3) is 0 Å². The Morgan fingerprint density at radius 3 is 2.88 bits per heavy atom. The first-order valence-electron chi connectivity index (χ1n) is 5.58. The van der Waals surface area contributed by atoms with Gasteiger partial charge in [-0.25, -0.2) is 0 Å². The van der Waals surface area contributed by atoms with Crippen molar-refractivity contribution in [2.24, 2.45) is 0 Å². The second kappa shape index (κ2) is 4.51. The van der Waals surface area contributed by atoms with Gasteiger partial charge in [-0.3, -0.25) is 9.59 Å². The molecule has 5 nitrogen and oxygen atoms in total. The first-order valence-corrected chi connectivity index (χ1v) is 5.58. The summed E-state index contributed by atoms with van der Waals surface area (Å²) >= 11 is 0. The lowest BCUT2D eigenvalue weighted by Gasteiger charge is -2.34. The maximum Gasteiger partial charge on any atom is 0.230 e. The first kappa shape index (κ1) is 11.5. The molecule has 0 aromatic rings. The Morgan fingerprint density at radius 2 is 2.31 bits per heavy atom. The number of amides is 1. The van der Waals surface area contributed by atoms with Crippen molar-refractivity contribution in [2.45, 2.75) is 24.9 Å². The SMILES string of the molecule is COC1(CN2CCC(=O)CC2=O)CCOC1. The van der Waals surface area contributed by atoms with E-state index < -0.39 is 0 Å². The van der Waals surface area contributed by atoms with E-state index in [4.69, 9.17) is 9.47 Å². The van der Waals surface area contributed by atoms with E-state index >= 15 is 0 Å². The number of piperidine rings is 1. The normalized spacial score (nSPS) is 31.2. The van der Waals surface area contributed by atoms with Crippen molar-refractivity contribution in [2.75, 3.05) is 33.4 Å². The summed E-state index contributed by atoms with van der Waals surface area (Å²) in [5.74, 6) is -0.0463. The molecule has 0 aromatic heterocycles. The smallest absolute Gasteiger partial charge is 0.230 e. The minimum Gasteiger partial charge on any atom is -0.378 e. The highest BCUT2D eigenvalue weighted by atomic mass is 16.5. The number of nitrogens with zero attached hydrogens (tertiary/aromatic N) is 1. The molecule has 5 heteroatoms. The van der Waals surface area contributed by atoms with Crippen LogP contribution in [0.3, 0.4) is 0 Å². The summed E-state index contributed by atoms with van der Waals surface area (Å²) in [7, 11) is 1.65. The zero-order valence-electron chi connectivity index (χ0n) is 9.53. The van der Waals surface area contributed by atoms with Crippen molar-refractivity contribution in [3.8, 4) is 0 Å². The van der Waals surface area contributed by atoms with E-state index in [9.17, 15) is 9.59 Å². The largest absolute Gasteiger partial charge is 0.378 e. The molecule has 0 N–H and O–H groups in total. The number of rotatable bonds is 3. The van der Waals surface area contributed by atoms with Crippen LogP contribution in [0.15, 0.2) is 0 Å². The quantitative estimate of drug-likeness (QED) is 0.636. The number of ether oxygens (including phenoxy) is 2. The summed E-state index contributed by atoms with van der Waals surface area (Å²) in [5, 5.41) is 0. The van der Waals surface area contributed by atoms with Crippen LogP contribution in [0.5, 0.6) is 0 Å². The molecule has 0 aromatic carbocycles. The summed E-state index contributed by atoms with van der Waals surface area (Å²) in [5.41, 5.74) is -0.365. The Balaban J connectivity index is 1.98. The van der Waals surface area contributed by atoms with E-state index in [1.54, 1.807) is 12.0 Å². The van der Waals surface area contributed by atoms with E-state index in [0.29, 0.717) is 32.7 Å². The number of ketones is 1. The summed E-state index contributed by atoms with van der Waals surface area (Å²) < 4.78 is 10.8. The van der Waals surface area contributed by atoms with Crippen LogP contribution in [0, 0.1) is 0 Å². The lowest BCUT2D eigenvalue weighted by atomic mass is 10.00. The molecule has 2 heterocycles. The van der Waals surface area contributed by atoms with Crippen LogP contribution in [0.2, 0.25) is 0 Å². The van der Waals surface area contributed by atoms with E-state index in [1.165, 1.54) is 0 Å². The molecule has 2 fully saturated rings. The second-order valence-corrected chi connectivity index (χ2v) is 4.47. The minimum absolute atomic E-state index is 0.0374. The van der Waals surface area contributed by atoms with E-state index in [0.717, 1.165) is 6.42 Å². The Hall–Kier alpha value is -0.940. The predicted octanol–water partition coefficient (Wildman–Crippen LogP) is -0.0166. The molecule has 1 amide bonds. The molecule has 1 unspecified atom stereocenters. The van der Waals surface area contributed by atoms with Gasteiger partial charge < -0.3 is 14.4 Å². The van der Waals surface area contributed by atoms with Gasteiger partial charge in [-0.2, -0.15) is 0 Å². The lowest BCUT2D eigenvalue weighted by molar-refractivity contribution is -0.143. The third-order valence-corrected chi connectivity index (χ3v) is 3.34. The zero-order valence-corrected chi connectivity index (χ0v) is 9.53. The average molecular weight is 227 g/mol. The third-order valence-electron chi connectivity index (χ3n) is 3.34. The molecule has 16 heavy (non-hydrogen) atoms. The van der Waals surface area contributed by atoms with Gasteiger partial charge in [0.2, 0.25) is 5.91 Å². The Bertz CT molecular complexity index is 296. The van der Waals surface area contributed by atoms with Crippen molar-refractivity contribution in [1.29, 1.82) is 0 Å². The number of methoxy groups -OCH3 is 1. The molecule has 0 bridgehead atoms.